The van der Waals surface area contributed by atoms with Gasteiger partial charge in [0.05, 0.1) is 0 Å². The Morgan fingerprint density at radius 1 is 0.609 bits per heavy atom. The molecule has 140 valence electrons. The third-order valence-electron chi connectivity index (χ3n) is 4.53. The van der Waals surface area contributed by atoms with Gasteiger partial charge in [0.1, 0.15) is 0 Å². The molecule has 23 heavy (non-hydrogen) atoms. The van der Waals surface area contributed by atoms with Gasteiger partial charge in [0.25, 0.3) is 0 Å². The molecule has 0 fully saturated rings. The molecule has 0 bridgehead atoms. The maximum absolute atomic E-state index is 11.7. The van der Waals surface area contributed by atoms with E-state index in [1.807, 2.05) is 0 Å². The third kappa shape index (κ3) is 18.3. The highest BCUT2D eigenvalue weighted by molar-refractivity contribution is 7.57. The van der Waals surface area contributed by atoms with Crippen molar-refractivity contribution in [2.75, 3.05) is 18.9 Å². The van der Waals surface area contributed by atoms with Crippen molar-refractivity contribution >= 4 is 7.37 Å². The maximum atomic E-state index is 11.7. The Kier molecular flexibility index (Phi) is 17.1. The van der Waals surface area contributed by atoms with Crippen LogP contribution in [0.3, 0.4) is 0 Å². The lowest BCUT2D eigenvalue weighted by Crippen LogP contribution is -1.97. The molecule has 1 atom stereocenters. The normalized spacial score (nSPS) is 14.0. The van der Waals surface area contributed by atoms with Gasteiger partial charge in [0, 0.05) is 18.9 Å². The predicted molar refractivity (Wildman–Crippen MR) is 102 cm³/mol. The molecular formula is C19H41O3P. The topological polar surface area (TPSA) is 57.5 Å². The summed E-state index contributed by atoms with van der Waals surface area (Å²) >= 11 is 0. The Hall–Kier alpha value is 0.150. The van der Waals surface area contributed by atoms with E-state index in [0.29, 0.717) is 12.6 Å². The van der Waals surface area contributed by atoms with Gasteiger partial charge < -0.3 is 10.00 Å². The molecule has 0 saturated carbocycles. The zero-order valence-corrected chi connectivity index (χ0v) is 16.4. The van der Waals surface area contributed by atoms with Crippen molar-refractivity contribution in [1.29, 1.82) is 0 Å². The van der Waals surface area contributed by atoms with Crippen LogP contribution >= 0.6 is 7.37 Å². The van der Waals surface area contributed by atoms with Crippen LogP contribution in [0.5, 0.6) is 0 Å². The molecule has 0 aromatic carbocycles. The van der Waals surface area contributed by atoms with E-state index in [2.05, 4.69) is 6.92 Å². The Morgan fingerprint density at radius 3 is 1.35 bits per heavy atom. The van der Waals surface area contributed by atoms with Gasteiger partial charge in [-0.15, -0.1) is 0 Å². The molecular weight excluding hydrogens is 307 g/mol. The predicted octanol–water partition coefficient (Wildman–Crippen LogP) is 6.12. The van der Waals surface area contributed by atoms with Crippen molar-refractivity contribution in [2.45, 2.75) is 103 Å². The van der Waals surface area contributed by atoms with Crippen LogP contribution in [-0.2, 0) is 4.57 Å². The van der Waals surface area contributed by atoms with Gasteiger partial charge in [-0.3, -0.25) is 4.57 Å². The Labute approximate surface area is 144 Å². The highest BCUT2D eigenvalue weighted by Crippen LogP contribution is 2.42. The van der Waals surface area contributed by atoms with Gasteiger partial charge in [-0.1, -0.05) is 90.4 Å². The fourth-order valence-electron chi connectivity index (χ4n) is 2.98. The highest BCUT2D eigenvalue weighted by atomic mass is 31.2. The summed E-state index contributed by atoms with van der Waals surface area (Å²) in [7, 11) is -2.95. The standard InChI is InChI=1S/C19H41O3P/c1-2-3-4-5-6-7-8-9-10-11-12-13-14-15-18-23(21,22)19-16-17-20/h20H,2-19H2,1H3,(H,21,22). The Bertz CT molecular complexity index is 282. The average molecular weight is 349 g/mol. The number of hydrogen-bond acceptors (Lipinski definition) is 2. The number of unbranched alkanes of at least 4 members (excludes halogenated alkanes) is 13. The first-order valence-corrected chi connectivity index (χ1v) is 12.1. The second-order valence-electron chi connectivity index (χ2n) is 6.97. The van der Waals surface area contributed by atoms with Crippen LogP contribution in [0.4, 0.5) is 0 Å². The average Bonchev–Trinajstić information content (AvgIpc) is 2.53. The number of aliphatic hydroxyl groups is 1. The summed E-state index contributed by atoms with van der Waals surface area (Å²) in [6.45, 7) is 2.28. The van der Waals surface area contributed by atoms with Crippen LogP contribution in [0, 0.1) is 0 Å². The first kappa shape index (κ1) is 23.1. The van der Waals surface area contributed by atoms with E-state index in [9.17, 15) is 9.46 Å². The number of rotatable bonds is 18. The molecule has 0 amide bonds. The lowest BCUT2D eigenvalue weighted by Gasteiger charge is -2.10. The smallest absolute Gasteiger partial charge is 0.200 e. The van der Waals surface area contributed by atoms with Gasteiger partial charge in [0.2, 0.25) is 7.37 Å². The SMILES string of the molecule is CCCCCCCCCCCCCCCCP(=O)(O)CCCO. The summed E-state index contributed by atoms with van der Waals surface area (Å²) in [6.07, 6.45) is 19.4. The van der Waals surface area contributed by atoms with Crippen molar-refractivity contribution in [1.82, 2.24) is 0 Å². The summed E-state index contributed by atoms with van der Waals surface area (Å²) < 4.78 is 11.7. The molecule has 0 aliphatic heterocycles. The van der Waals surface area contributed by atoms with Gasteiger partial charge in [-0.05, 0) is 12.8 Å². The van der Waals surface area contributed by atoms with E-state index in [1.165, 1.54) is 77.0 Å². The minimum atomic E-state index is -2.95. The lowest BCUT2D eigenvalue weighted by molar-refractivity contribution is 0.293. The van der Waals surface area contributed by atoms with Crippen molar-refractivity contribution in [3.05, 3.63) is 0 Å². The van der Waals surface area contributed by atoms with E-state index in [-0.39, 0.29) is 12.8 Å². The number of hydrogen-bond donors (Lipinski definition) is 2. The van der Waals surface area contributed by atoms with Gasteiger partial charge in [-0.25, -0.2) is 0 Å². The lowest BCUT2D eigenvalue weighted by atomic mass is 10.0. The molecule has 0 aromatic rings. The fraction of sp³-hybridized carbons (Fsp3) is 1.00. The first-order valence-electron chi connectivity index (χ1n) is 10.0. The summed E-state index contributed by atoms with van der Waals surface area (Å²) in [6, 6.07) is 0. The monoisotopic (exact) mass is 348 g/mol. The second-order valence-corrected chi connectivity index (χ2v) is 9.55. The summed E-state index contributed by atoms with van der Waals surface area (Å²) in [5.41, 5.74) is 0. The number of aliphatic hydroxyl groups excluding tert-OH is 1. The minimum absolute atomic E-state index is 0.0172. The zero-order chi connectivity index (χ0) is 17.2. The van der Waals surface area contributed by atoms with E-state index >= 15 is 0 Å². The Balaban J connectivity index is 3.17. The van der Waals surface area contributed by atoms with E-state index < -0.39 is 7.37 Å². The summed E-state index contributed by atoms with van der Waals surface area (Å²) in [5.74, 6) is 0. The summed E-state index contributed by atoms with van der Waals surface area (Å²) in [4.78, 5) is 9.68. The van der Waals surface area contributed by atoms with Crippen LogP contribution in [-0.4, -0.2) is 28.9 Å². The van der Waals surface area contributed by atoms with Crippen LogP contribution in [0.25, 0.3) is 0 Å². The molecule has 0 aliphatic rings. The fourth-order valence-corrected chi connectivity index (χ4v) is 4.56. The second kappa shape index (κ2) is 17.0. The summed E-state index contributed by atoms with van der Waals surface area (Å²) in [5, 5.41) is 8.69. The molecule has 0 radical (unpaired) electrons. The first-order chi connectivity index (χ1) is 11.1. The highest BCUT2D eigenvalue weighted by Gasteiger charge is 2.16. The van der Waals surface area contributed by atoms with Crippen molar-refractivity contribution in [3.63, 3.8) is 0 Å². The van der Waals surface area contributed by atoms with Crippen molar-refractivity contribution < 1.29 is 14.6 Å². The molecule has 2 N–H and O–H groups in total. The minimum Gasteiger partial charge on any atom is -0.396 e. The van der Waals surface area contributed by atoms with Crippen LogP contribution in [0.15, 0.2) is 0 Å². The van der Waals surface area contributed by atoms with Gasteiger partial charge in [-0.2, -0.15) is 0 Å². The van der Waals surface area contributed by atoms with E-state index in [4.69, 9.17) is 5.11 Å². The van der Waals surface area contributed by atoms with Crippen LogP contribution in [0.1, 0.15) is 103 Å². The molecule has 0 saturated heterocycles. The quantitative estimate of drug-likeness (QED) is 0.232. The molecule has 0 heterocycles. The third-order valence-corrected chi connectivity index (χ3v) is 6.56. The van der Waals surface area contributed by atoms with E-state index in [0.717, 1.165) is 12.8 Å². The van der Waals surface area contributed by atoms with Crippen LogP contribution in [0.2, 0.25) is 0 Å². The molecule has 1 unspecified atom stereocenters. The molecule has 0 spiro atoms. The largest absolute Gasteiger partial charge is 0.396 e. The molecule has 4 heteroatoms. The van der Waals surface area contributed by atoms with E-state index in [1.54, 1.807) is 0 Å². The van der Waals surface area contributed by atoms with Gasteiger partial charge in [0.15, 0.2) is 0 Å². The van der Waals surface area contributed by atoms with Crippen molar-refractivity contribution in [3.8, 4) is 0 Å². The molecule has 0 aromatic heterocycles. The van der Waals surface area contributed by atoms with Crippen LogP contribution < -0.4 is 0 Å². The van der Waals surface area contributed by atoms with Crippen molar-refractivity contribution in [2.24, 2.45) is 0 Å². The Morgan fingerprint density at radius 2 is 0.957 bits per heavy atom. The zero-order valence-electron chi connectivity index (χ0n) is 15.5. The molecule has 0 aliphatic carbocycles. The molecule has 0 rings (SSSR count). The maximum Gasteiger partial charge on any atom is 0.200 e. The van der Waals surface area contributed by atoms with Gasteiger partial charge >= 0.3 is 0 Å². The molecule has 3 nitrogen and oxygen atoms in total.